The van der Waals surface area contributed by atoms with Crippen molar-refractivity contribution in [1.29, 1.82) is 0 Å². The molecule has 1 N–H and O–H groups in total. The minimum Gasteiger partial charge on any atom is -0.380 e. The largest absolute Gasteiger partial charge is 0.380 e. The van der Waals surface area contributed by atoms with Crippen molar-refractivity contribution in [2.24, 2.45) is 0 Å². The fourth-order valence-electron chi connectivity index (χ4n) is 2.30. The molecule has 0 amide bonds. The van der Waals surface area contributed by atoms with Crippen LogP contribution in [0.4, 0.5) is 5.69 Å². The van der Waals surface area contributed by atoms with E-state index >= 15 is 0 Å². The molecule has 17 heavy (non-hydrogen) atoms. The zero-order chi connectivity index (χ0) is 12.3. The second kappa shape index (κ2) is 5.52. The fraction of sp³-hybridized carbons (Fsp3) is 0.571. The molecule has 2 rings (SSSR count). The highest BCUT2D eigenvalue weighted by Crippen LogP contribution is 2.23. The van der Waals surface area contributed by atoms with Crippen molar-refractivity contribution in [3.8, 4) is 0 Å². The van der Waals surface area contributed by atoms with E-state index in [9.17, 15) is 0 Å². The SMILES string of the molecule is CNC(C)c1ccc(N2CCC(OC)C2)cc1. The Labute approximate surface area is 104 Å². The van der Waals surface area contributed by atoms with Crippen molar-refractivity contribution in [1.82, 2.24) is 5.32 Å². The van der Waals surface area contributed by atoms with Gasteiger partial charge >= 0.3 is 0 Å². The third kappa shape index (κ3) is 2.79. The highest BCUT2D eigenvalue weighted by Gasteiger charge is 2.22. The lowest BCUT2D eigenvalue weighted by atomic mass is 10.1. The van der Waals surface area contributed by atoms with Crippen LogP contribution in [-0.2, 0) is 4.74 Å². The van der Waals surface area contributed by atoms with Gasteiger partial charge in [-0.2, -0.15) is 0 Å². The lowest BCUT2D eigenvalue weighted by Gasteiger charge is -2.19. The number of methoxy groups -OCH3 is 1. The number of ether oxygens (including phenoxy) is 1. The van der Waals surface area contributed by atoms with Gasteiger partial charge in [-0.1, -0.05) is 12.1 Å². The molecule has 94 valence electrons. The fourth-order valence-corrected chi connectivity index (χ4v) is 2.30. The molecule has 1 aliphatic heterocycles. The summed E-state index contributed by atoms with van der Waals surface area (Å²) < 4.78 is 5.39. The highest BCUT2D eigenvalue weighted by molar-refractivity contribution is 5.49. The maximum Gasteiger partial charge on any atom is 0.0762 e. The molecule has 1 aliphatic rings. The van der Waals surface area contributed by atoms with Crippen molar-refractivity contribution >= 4 is 5.69 Å². The number of benzene rings is 1. The second-order valence-electron chi connectivity index (χ2n) is 4.69. The van der Waals surface area contributed by atoms with Gasteiger partial charge in [0.1, 0.15) is 0 Å². The molecule has 0 spiro atoms. The molecule has 0 aliphatic carbocycles. The minimum absolute atomic E-state index is 0.394. The molecule has 1 heterocycles. The Balaban J connectivity index is 2.03. The van der Waals surface area contributed by atoms with Crippen LogP contribution in [0.2, 0.25) is 0 Å². The van der Waals surface area contributed by atoms with Crippen LogP contribution in [0.5, 0.6) is 0 Å². The van der Waals surface area contributed by atoms with Crippen LogP contribution in [-0.4, -0.2) is 33.4 Å². The normalized spacial score (nSPS) is 21.8. The van der Waals surface area contributed by atoms with E-state index in [1.807, 2.05) is 7.05 Å². The number of hydrogen-bond acceptors (Lipinski definition) is 3. The number of nitrogens with one attached hydrogen (secondary N) is 1. The molecule has 0 saturated carbocycles. The molecule has 0 bridgehead atoms. The summed E-state index contributed by atoms with van der Waals surface area (Å²) in [6, 6.07) is 9.24. The van der Waals surface area contributed by atoms with Crippen molar-refractivity contribution < 1.29 is 4.74 Å². The first-order valence-corrected chi connectivity index (χ1v) is 6.29. The number of nitrogens with zero attached hydrogens (tertiary/aromatic N) is 1. The van der Waals surface area contributed by atoms with Gasteiger partial charge in [-0.25, -0.2) is 0 Å². The maximum atomic E-state index is 5.39. The van der Waals surface area contributed by atoms with E-state index in [1.54, 1.807) is 7.11 Å². The van der Waals surface area contributed by atoms with Crippen molar-refractivity contribution in [3.63, 3.8) is 0 Å². The Morgan fingerprint density at radius 3 is 2.59 bits per heavy atom. The van der Waals surface area contributed by atoms with Gasteiger partial charge in [-0.3, -0.25) is 0 Å². The molecule has 3 heteroatoms. The van der Waals surface area contributed by atoms with Crippen LogP contribution in [0.3, 0.4) is 0 Å². The number of anilines is 1. The van der Waals surface area contributed by atoms with Gasteiger partial charge in [-0.15, -0.1) is 0 Å². The zero-order valence-electron chi connectivity index (χ0n) is 10.9. The van der Waals surface area contributed by atoms with Crippen LogP contribution >= 0.6 is 0 Å². The lowest BCUT2D eigenvalue weighted by molar-refractivity contribution is 0.121. The van der Waals surface area contributed by atoms with Gasteiger partial charge in [0.25, 0.3) is 0 Å². The van der Waals surface area contributed by atoms with Gasteiger partial charge in [0.05, 0.1) is 6.10 Å². The summed E-state index contributed by atoms with van der Waals surface area (Å²) in [4.78, 5) is 2.39. The highest BCUT2D eigenvalue weighted by atomic mass is 16.5. The molecule has 0 radical (unpaired) electrons. The Hall–Kier alpha value is -1.06. The standard InChI is InChI=1S/C14H22N2O/c1-11(15-2)12-4-6-13(7-5-12)16-9-8-14(10-16)17-3/h4-7,11,14-15H,8-10H2,1-3H3. The average Bonchev–Trinajstić information content (AvgIpc) is 2.87. The number of hydrogen-bond donors (Lipinski definition) is 1. The van der Waals surface area contributed by atoms with E-state index in [0.717, 1.165) is 19.5 Å². The molecular formula is C14H22N2O. The Bertz CT molecular complexity index is 350. The van der Waals surface area contributed by atoms with Crippen molar-refractivity contribution in [3.05, 3.63) is 29.8 Å². The summed E-state index contributed by atoms with van der Waals surface area (Å²) in [7, 11) is 3.79. The first-order chi connectivity index (χ1) is 8.24. The second-order valence-corrected chi connectivity index (χ2v) is 4.69. The van der Waals surface area contributed by atoms with E-state index < -0.39 is 0 Å². The molecule has 1 fully saturated rings. The van der Waals surface area contributed by atoms with Crippen LogP contribution in [0.25, 0.3) is 0 Å². The van der Waals surface area contributed by atoms with Crippen molar-refractivity contribution in [2.75, 3.05) is 32.1 Å². The third-order valence-electron chi connectivity index (χ3n) is 3.67. The predicted molar refractivity (Wildman–Crippen MR) is 71.5 cm³/mol. The van der Waals surface area contributed by atoms with Gasteiger partial charge in [0.15, 0.2) is 0 Å². The van der Waals surface area contributed by atoms with E-state index in [2.05, 4.69) is 41.4 Å². The first-order valence-electron chi connectivity index (χ1n) is 6.29. The Morgan fingerprint density at radius 2 is 2.06 bits per heavy atom. The first kappa shape index (κ1) is 12.4. The predicted octanol–water partition coefficient (Wildman–Crippen LogP) is 2.19. The van der Waals surface area contributed by atoms with E-state index in [4.69, 9.17) is 4.74 Å². The monoisotopic (exact) mass is 234 g/mol. The summed E-state index contributed by atoms with van der Waals surface area (Å²) >= 11 is 0. The summed E-state index contributed by atoms with van der Waals surface area (Å²) in [5.74, 6) is 0. The average molecular weight is 234 g/mol. The number of rotatable bonds is 4. The molecule has 2 unspecified atom stereocenters. The van der Waals surface area contributed by atoms with Crippen LogP contribution in [0.1, 0.15) is 24.9 Å². The van der Waals surface area contributed by atoms with Gasteiger partial charge in [0.2, 0.25) is 0 Å². The van der Waals surface area contributed by atoms with E-state index in [0.29, 0.717) is 12.1 Å². The topological polar surface area (TPSA) is 24.5 Å². The molecule has 1 saturated heterocycles. The lowest BCUT2D eigenvalue weighted by Crippen LogP contribution is -2.22. The van der Waals surface area contributed by atoms with E-state index in [-0.39, 0.29) is 0 Å². The molecule has 3 nitrogen and oxygen atoms in total. The maximum absolute atomic E-state index is 5.39. The van der Waals surface area contributed by atoms with Crippen LogP contribution < -0.4 is 10.2 Å². The summed E-state index contributed by atoms with van der Waals surface area (Å²) in [5, 5.41) is 3.25. The van der Waals surface area contributed by atoms with Gasteiger partial charge in [-0.05, 0) is 38.1 Å². The van der Waals surface area contributed by atoms with Crippen LogP contribution in [0.15, 0.2) is 24.3 Å². The summed E-state index contributed by atoms with van der Waals surface area (Å²) in [6.07, 6.45) is 1.52. The van der Waals surface area contributed by atoms with Crippen molar-refractivity contribution in [2.45, 2.75) is 25.5 Å². The molecule has 0 aromatic heterocycles. The Morgan fingerprint density at radius 1 is 1.35 bits per heavy atom. The molecule has 2 atom stereocenters. The summed E-state index contributed by atoms with van der Waals surface area (Å²) in [5.41, 5.74) is 2.63. The van der Waals surface area contributed by atoms with Gasteiger partial charge in [0, 0.05) is 31.9 Å². The van der Waals surface area contributed by atoms with Gasteiger partial charge < -0.3 is 15.0 Å². The smallest absolute Gasteiger partial charge is 0.0762 e. The zero-order valence-corrected chi connectivity index (χ0v) is 10.9. The minimum atomic E-state index is 0.394. The molecule has 1 aromatic carbocycles. The van der Waals surface area contributed by atoms with Crippen LogP contribution in [0, 0.1) is 0 Å². The Kier molecular flexibility index (Phi) is 4.02. The molecule has 1 aromatic rings. The molecular weight excluding hydrogens is 212 g/mol. The summed E-state index contributed by atoms with van der Waals surface area (Å²) in [6.45, 7) is 4.28. The third-order valence-corrected chi connectivity index (χ3v) is 3.67. The van der Waals surface area contributed by atoms with E-state index in [1.165, 1.54) is 11.3 Å². The quantitative estimate of drug-likeness (QED) is 0.864.